The first-order chi connectivity index (χ1) is 8.58. The SMILES string of the molecule is CC(Nc1cccc(Cl)c1)c1c(O)cccc1O. The van der Waals surface area contributed by atoms with E-state index >= 15 is 0 Å². The number of aromatic hydroxyl groups is 2. The van der Waals surface area contributed by atoms with Crippen LogP contribution in [0.2, 0.25) is 5.02 Å². The summed E-state index contributed by atoms with van der Waals surface area (Å²) in [6.07, 6.45) is 0. The van der Waals surface area contributed by atoms with E-state index in [2.05, 4.69) is 5.32 Å². The average molecular weight is 264 g/mol. The van der Waals surface area contributed by atoms with E-state index in [0.29, 0.717) is 10.6 Å². The van der Waals surface area contributed by atoms with Gasteiger partial charge in [0.15, 0.2) is 0 Å². The van der Waals surface area contributed by atoms with Crippen molar-refractivity contribution in [3.63, 3.8) is 0 Å². The second-order valence-electron chi connectivity index (χ2n) is 4.09. The molecule has 4 heteroatoms. The highest BCUT2D eigenvalue weighted by Crippen LogP contribution is 2.34. The van der Waals surface area contributed by atoms with Crippen molar-refractivity contribution >= 4 is 17.3 Å². The average Bonchev–Trinajstić information content (AvgIpc) is 2.28. The van der Waals surface area contributed by atoms with E-state index in [-0.39, 0.29) is 17.5 Å². The zero-order chi connectivity index (χ0) is 13.1. The molecule has 0 heterocycles. The monoisotopic (exact) mass is 263 g/mol. The lowest BCUT2D eigenvalue weighted by Crippen LogP contribution is -2.07. The maximum Gasteiger partial charge on any atom is 0.124 e. The van der Waals surface area contributed by atoms with Gasteiger partial charge in [-0.25, -0.2) is 0 Å². The summed E-state index contributed by atoms with van der Waals surface area (Å²) in [6.45, 7) is 1.86. The zero-order valence-corrected chi connectivity index (χ0v) is 10.6. The Morgan fingerprint density at radius 3 is 2.28 bits per heavy atom. The molecule has 0 saturated carbocycles. The van der Waals surface area contributed by atoms with Gasteiger partial charge in [-0.15, -0.1) is 0 Å². The number of halogens is 1. The molecule has 0 fully saturated rings. The predicted octanol–water partition coefficient (Wildman–Crippen LogP) is 3.92. The van der Waals surface area contributed by atoms with Crippen LogP contribution in [0.3, 0.4) is 0 Å². The van der Waals surface area contributed by atoms with Gasteiger partial charge in [0.25, 0.3) is 0 Å². The summed E-state index contributed by atoms with van der Waals surface area (Å²) >= 11 is 5.90. The summed E-state index contributed by atoms with van der Waals surface area (Å²) < 4.78 is 0. The molecule has 0 saturated heterocycles. The van der Waals surface area contributed by atoms with Crippen LogP contribution >= 0.6 is 11.6 Å². The summed E-state index contributed by atoms with van der Waals surface area (Å²) in [5.74, 6) is 0.133. The van der Waals surface area contributed by atoms with Crippen molar-refractivity contribution in [1.29, 1.82) is 0 Å². The number of benzene rings is 2. The second kappa shape index (κ2) is 5.19. The Labute approximate surface area is 111 Å². The van der Waals surface area contributed by atoms with Crippen LogP contribution < -0.4 is 5.32 Å². The van der Waals surface area contributed by atoms with Crippen molar-refractivity contribution in [3.8, 4) is 11.5 Å². The summed E-state index contributed by atoms with van der Waals surface area (Å²) in [6, 6.07) is 11.7. The van der Waals surface area contributed by atoms with Gasteiger partial charge in [-0.05, 0) is 37.3 Å². The Kier molecular flexibility index (Phi) is 3.63. The normalized spacial score (nSPS) is 12.1. The van der Waals surface area contributed by atoms with Crippen LogP contribution in [0.1, 0.15) is 18.5 Å². The van der Waals surface area contributed by atoms with E-state index in [1.54, 1.807) is 30.3 Å². The first-order valence-corrected chi connectivity index (χ1v) is 5.98. The smallest absolute Gasteiger partial charge is 0.124 e. The predicted molar refractivity (Wildman–Crippen MR) is 73.3 cm³/mol. The molecular formula is C14H14ClNO2. The first-order valence-electron chi connectivity index (χ1n) is 5.61. The lowest BCUT2D eigenvalue weighted by molar-refractivity contribution is 0.434. The van der Waals surface area contributed by atoms with Gasteiger partial charge in [-0.2, -0.15) is 0 Å². The molecule has 0 aromatic heterocycles. The quantitative estimate of drug-likeness (QED) is 0.787. The number of phenolic OH excluding ortho intramolecular Hbond substituents is 2. The molecule has 0 aliphatic carbocycles. The van der Waals surface area contributed by atoms with Crippen molar-refractivity contribution < 1.29 is 10.2 Å². The molecule has 2 aromatic carbocycles. The minimum Gasteiger partial charge on any atom is -0.507 e. The van der Waals surface area contributed by atoms with Gasteiger partial charge in [-0.1, -0.05) is 23.7 Å². The van der Waals surface area contributed by atoms with Crippen molar-refractivity contribution in [3.05, 3.63) is 53.1 Å². The van der Waals surface area contributed by atoms with Gasteiger partial charge < -0.3 is 15.5 Å². The number of nitrogens with one attached hydrogen (secondary N) is 1. The summed E-state index contributed by atoms with van der Waals surface area (Å²) in [4.78, 5) is 0. The lowest BCUT2D eigenvalue weighted by atomic mass is 10.1. The van der Waals surface area contributed by atoms with Gasteiger partial charge in [0.2, 0.25) is 0 Å². The van der Waals surface area contributed by atoms with Crippen LogP contribution in [-0.4, -0.2) is 10.2 Å². The molecule has 1 atom stereocenters. The van der Waals surface area contributed by atoms with E-state index in [0.717, 1.165) is 5.69 Å². The number of anilines is 1. The minimum absolute atomic E-state index is 0.0667. The van der Waals surface area contributed by atoms with Crippen LogP contribution in [0.25, 0.3) is 0 Å². The fourth-order valence-corrected chi connectivity index (χ4v) is 2.08. The topological polar surface area (TPSA) is 52.5 Å². The van der Waals surface area contributed by atoms with E-state index in [1.165, 1.54) is 0 Å². The standard InChI is InChI=1S/C14H14ClNO2/c1-9(14-12(17)6-3-7-13(14)18)16-11-5-2-4-10(15)8-11/h2-9,16-18H,1H3. The molecule has 0 bridgehead atoms. The third-order valence-electron chi connectivity index (χ3n) is 2.70. The highest BCUT2D eigenvalue weighted by atomic mass is 35.5. The summed E-state index contributed by atoms with van der Waals surface area (Å²) in [7, 11) is 0. The Morgan fingerprint density at radius 1 is 1.06 bits per heavy atom. The maximum atomic E-state index is 9.77. The van der Waals surface area contributed by atoms with Crippen LogP contribution in [0.5, 0.6) is 11.5 Å². The second-order valence-corrected chi connectivity index (χ2v) is 4.52. The Morgan fingerprint density at radius 2 is 1.67 bits per heavy atom. The van der Waals surface area contributed by atoms with Gasteiger partial charge >= 0.3 is 0 Å². The molecule has 3 nitrogen and oxygen atoms in total. The highest BCUT2D eigenvalue weighted by molar-refractivity contribution is 6.30. The number of rotatable bonds is 3. The van der Waals surface area contributed by atoms with E-state index in [4.69, 9.17) is 11.6 Å². The van der Waals surface area contributed by atoms with Gasteiger partial charge in [0.05, 0.1) is 11.6 Å². The molecule has 0 aliphatic heterocycles. The third kappa shape index (κ3) is 2.68. The molecular weight excluding hydrogens is 250 g/mol. The third-order valence-corrected chi connectivity index (χ3v) is 2.94. The van der Waals surface area contributed by atoms with Crippen LogP contribution in [0.4, 0.5) is 5.69 Å². The van der Waals surface area contributed by atoms with Crippen molar-refractivity contribution in [2.45, 2.75) is 13.0 Å². The molecule has 1 unspecified atom stereocenters. The largest absolute Gasteiger partial charge is 0.507 e. The zero-order valence-electron chi connectivity index (χ0n) is 9.89. The van der Waals surface area contributed by atoms with Gasteiger partial charge in [0.1, 0.15) is 11.5 Å². The van der Waals surface area contributed by atoms with E-state index in [9.17, 15) is 10.2 Å². The van der Waals surface area contributed by atoms with E-state index in [1.807, 2.05) is 19.1 Å². The summed E-state index contributed by atoms with van der Waals surface area (Å²) in [5, 5.41) is 23.3. The van der Waals surface area contributed by atoms with Crippen LogP contribution in [0, 0.1) is 0 Å². The highest BCUT2D eigenvalue weighted by Gasteiger charge is 2.14. The van der Waals surface area contributed by atoms with Crippen LogP contribution in [-0.2, 0) is 0 Å². The van der Waals surface area contributed by atoms with Crippen molar-refractivity contribution in [2.75, 3.05) is 5.32 Å². The number of hydrogen-bond donors (Lipinski definition) is 3. The first kappa shape index (κ1) is 12.6. The van der Waals surface area contributed by atoms with Crippen LogP contribution in [0.15, 0.2) is 42.5 Å². The fraction of sp³-hybridized carbons (Fsp3) is 0.143. The Balaban J connectivity index is 2.25. The molecule has 0 amide bonds. The van der Waals surface area contributed by atoms with E-state index < -0.39 is 0 Å². The Hall–Kier alpha value is -1.87. The summed E-state index contributed by atoms with van der Waals surface area (Å²) in [5.41, 5.74) is 1.30. The maximum absolute atomic E-state index is 9.77. The molecule has 2 aromatic rings. The number of phenols is 2. The minimum atomic E-state index is -0.232. The molecule has 2 rings (SSSR count). The molecule has 3 N–H and O–H groups in total. The number of hydrogen-bond acceptors (Lipinski definition) is 3. The van der Waals surface area contributed by atoms with Gasteiger partial charge in [-0.3, -0.25) is 0 Å². The van der Waals surface area contributed by atoms with Gasteiger partial charge in [0, 0.05) is 10.7 Å². The van der Waals surface area contributed by atoms with Crippen molar-refractivity contribution in [2.24, 2.45) is 0 Å². The molecule has 94 valence electrons. The lowest BCUT2D eigenvalue weighted by Gasteiger charge is -2.18. The Bertz CT molecular complexity index is 537. The molecule has 0 radical (unpaired) electrons. The van der Waals surface area contributed by atoms with Crippen molar-refractivity contribution in [1.82, 2.24) is 0 Å². The molecule has 0 spiro atoms. The molecule has 0 aliphatic rings. The molecule has 18 heavy (non-hydrogen) atoms. The fourth-order valence-electron chi connectivity index (χ4n) is 1.89.